The van der Waals surface area contributed by atoms with Crippen LogP contribution in [0.2, 0.25) is 0 Å². The molecular formula is C18H21F3N4O. The van der Waals surface area contributed by atoms with Gasteiger partial charge in [0.1, 0.15) is 0 Å². The molecule has 1 aliphatic rings. The number of carbonyl (C=O) groups is 1. The fourth-order valence-corrected chi connectivity index (χ4v) is 3.14. The van der Waals surface area contributed by atoms with Crippen LogP contribution in [0.4, 0.5) is 13.2 Å². The molecule has 0 saturated carbocycles. The van der Waals surface area contributed by atoms with Gasteiger partial charge in [0, 0.05) is 30.9 Å². The molecule has 0 atom stereocenters. The highest BCUT2D eigenvalue weighted by atomic mass is 19.4. The summed E-state index contributed by atoms with van der Waals surface area (Å²) in [4.78, 5) is 16.6. The first-order valence-electron chi connectivity index (χ1n) is 8.45. The average Bonchev–Trinajstić information content (AvgIpc) is 3.12. The van der Waals surface area contributed by atoms with Gasteiger partial charge in [-0.3, -0.25) is 4.79 Å². The van der Waals surface area contributed by atoms with Gasteiger partial charge in [0.2, 0.25) is 0 Å². The predicted molar refractivity (Wildman–Crippen MR) is 91.2 cm³/mol. The van der Waals surface area contributed by atoms with Crippen LogP contribution in [0.15, 0.2) is 36.5 Å². The van der Waals surface area contributed by atoms with Gasteiger partial charge >= 0.3 is 6.18 Å². The maximum Gasteiger partial charge on any atom is 0.435 e. The smallest absolute Gasteiger partial charge is 0.339 e. The number of halogens is 3. The zero-order valence-corrected chi connectivity index (χ0v) is 14.7. The quantitative estimate of drug-likeness (QED) is 0.838. The molecule has 2 aromatic rings. The molecule has 0 N–H and O–H groups in total. The minimum Gasteiger partial charge on any atom is -0.339 e. The van der Waals surface area contributed by atoms with Crippen LogP contribution in [0.25, 0.3) is 5.69 Å². The van der Waals surface area contributed by atoms with Crippen LogP contribution < -0.4 is 0 Å². The minimum absolute atomic E-state index is 0.0507. The van der Waals surface area contributed by atoms with Crippen LogP contribution in [-0.2, 0) is 6.18 Å². The van der Waals surface area contributed by atoms with Crippen LogP contribution in [0.3, 0.4) is 0 Å². The maximum atomic E-state index is 12.6. The fourth-order valence-electron chi connectivity index (χ4n) is 3.14. The molecule has 1 aliphatic heterocycles. The van der Waals surface area contributed by atoms with E-state index in [1.54, 1.807) is 24.3 Å². The van der Waals surface area contributed by atoms with E-state index in [1.807, 2.05) is 19.0 Å². The summed E-state index contributed by atoms with van der Waals surface area (Å²) in [6.45, 7) is 1.41. The second kappa shape index (κ2) is 7.11. The van der Waals surface area contributed by atoms with Crippen molar-refractivity contribution in [2.75, 3.05) is 27.2 Å². The molecule has 1 aromatic heterocycles. The normalized spacial score (nSPS) is 16.3. The van der Waals surface area contributed by atoms with Gasteiger partial charge in [-0.05, 0) is 57.3 Å². The Morgan fingerprint density at radius 1 is 1.12 bits per heavy atom. The van der Waals surface area contributed by atoms with Gasteiger partial charge in [-0.15, -0.1) is 0 Å². The number of alkyl halides is 3. The van der Waals surface area contributed by atoms with E-state index in [4.69, 9.17) is 0 Å². The Labute approximate surface area is 150 Å². The van der Waals surface area contributed by atoms with Crippen LogP contribution in [-0.4, -0.2) is 58.7 Å². The van der Waals surface area contributed by atoms with E-state index in [0.717, 1.165) is 23.6 Å². The van der Waals surface area contributed by atoms with Crippen molar-refractivity contribution in [1.29, 1.82) is 0 Å². The largest absolute Gasteiger partial charge is 0.435 e. The summed E-state index contributed by atoms with van der Waals surface area (Å²) in [7, 11) is 4.08. The molecular weight excluding hydrogens is 345 g/mol. The van der Waals surface area contributed by atoms with E-state index in [2.05, 4.69) is 10.00 Å². The summed E-state index contributed by atoms with van der Waals surface area (Å²) in [5.41, 5.74) is 0.0602. The third kappa shape index (κ3) is 3.90. The first-order chi connectivity index (χ1) is 12.3. The molecule has 2 heterocycles. The zero-order chi connectivity index (χ0) is 18.9. The van der Waals surface area contributed by atoms with Gasteiger partial charge in [-0.1, -0.05) is 0 Å². The molecule has 0 spiro atoms. The van der Waals surface area contributed by atoms with Crippen LogP contribution in [0.1, 0.15) is 28.9 Å². The van der Waals surface area contributed by atoms with E-state index >= 15 is 0 Å². The number of hydrogen-bond acceptors (Lipinski definition) is 3. The molecule has 1 saturated heterocycles. The second-order valence-electron chi connectivity index (χ2n) is 6.68. The number of benzene rings is 1. The number of aromatic nitrogens is 2. The summed E-state index contributed by atoms with van der Waals surface area (Å²) >= 11 is 0. The highest BCUT2D eigenvalue weighted by Crippen LogP contribution is 2.28. The highest BCUT2D eigenvalue weighted by molar-refractivity contribution is 5.94. The molecule has 3 rings (SSSR count). The second-order valence-corrected chi connectivity index (χ2v) is 6.68. The van der Waals surface area contributed by atoms with E-state index < -0.39 is 11.9 Å². The van der Waals surface area contributed by atoms with Gasteiger partial charge < -0.3 is 9.80 Å². The van der Waals surface area contributed by atoms with Crippen molar-refractivity contribution < 1.29 is 18.0 Å². The van der Waals surface area contributed by atoms with E-state index in [-0.39, 0.29) is 5.91 Å². The predicted octanol–water partition coefficient (Wildman–Crippen LogP) is 3.06. The molecule has 0 bridgehead atoms. The Morgan fingerprint density at radius 3 is 2.23 bits per heavy atom. The number of amides is 1. The fraction of sp³-hybridized carbons (Fsp3) is 0.444. The van der Waals surface area contributed by atoms with Crippen molar-refractivity contribution in [3.8, 4) is 5.69 Å². The van der Waals surface area contributed by atoms with Crippen LogP contribution >= 0.6 is 0 Å². The average molecular weight is 366 g/mol. The monoisotopic (exact) mass is 366 g/mol. The number of likely N-dealkylation sites (tertiary alicyclic amines) is 1. The zero-order valence-electron chi connectivity index (χ0n) is 14.7. The SMILES string of the molecule is CN(C)C1CCN(C(=O)c2ccc(-n3ccc(C(F)(F)F)n3)cc2)CC1. The minimum atomic E-state index is -4.47. The molecule has 5 nitrogen and oxygen atoms in total. The van der Waals surface area contributed by atoms with E-state index in [1.165, 1.54) is 6.20 Å². The Bertz CT molecular complexity index is 759. The van der Waals surface area contributed by atoms with E-state index in [9.17, 15) is 18.0 Å². The molecule has 140 valence electrons. The van der Waals surface area contributed by atoms with Crippen molar-refractivity contribution >= 4 is 5.91 Å². The number of piperidine rings is 1. The van der Waals surface area contributed by atoms with Crippen molar-refractivity contribution in [3.05, 3.63) is 47.8 Å². The third-order valence-electron chi connectivity index (χ3n) is 4.74. The molecule has 0 unspecified atom stereocenters. The molecule has 0 radical (unpaired) electrons. The van der Waals surface area contributed by atoms with Crippen molar-refractivity contribution in [1.82, 2.24) is 19.6 Å². The molecule has 8 heteroatoms. The topological polar surface area (TPSA) is 41.4 Å². The third-order valence-corrected chi connectivity index (χ3v) is 4.74. The summed E-state index contributed by atoms with van der Waals surface area (Å²) in [5, 5.41) is 3.53. The summed E-state index contributed by atoms with van der Waals surface area (Å²) in [5.74, 6) is -0.0507. The standard InChI is InChI=1S/C18H21F3N4O/c1-23(2)14-7-10-24(11-8-14)17(26)13-3-5-15(6-4-13)25-12-9-16(22-25)18(19,20)21/h3-6,9,12,14H,7-8,10-11H2,1-2H3. The van der Waals surface area contributed by atoms with E-state index in [0.29, 0.717) is 30.4 Å². The number of carbonyl (C=O) groups excluding carboxylic acids is 1. The summed E-state index contributed by atoms with van der Waals surface area (Å²) in [6.07, 6.45) is -1.35. The molecule has 0 aliphatic carbocycles. The lowest BCUT2D eigenvalue weighted by molar-refractivity contribution is -0.141. The summed E-state index contributed by atoms with van der Waals surface area (Å²) in [6, 6.07) is 7.88. The highest BCUT2D eigenvalue weighted by Gasteiger charge is 2.33. The molecule has 1 fully saturated rings. The van der Waals surface area contributed by atoms with Crippen molar-refractivity contribution in [2.45, 2.75) is 25.1 Å². The lowest BCUT2D eigenvalue weighted by atomic mass is 10.0. The lowest BCUT2D eigenvalue weighted by Crippen LogP contribution is -2.44. The first kappa shape index (κ1) is 18.4. The lowest BCUT2D eigenvalue weighted by Gasteiger charge is -2.35. The van der Waals surface area contributed by atoms with Gasteiger partial charge in [0.15, 0.2) is 5.69 Å². The number of nitrogens with zero attached hydrogens (tertiary/aromatic N) is 4. The molecule has 26 heavy (non-hydrogen) atoms. The van der Waals surface area contributed by atoms with Gasteiger partial charge in [-0.25, -0.2) is 4.68 Å². The number of rotatable bonds is 3. The Balaban J connectivity index is 1.68. The van der Waals surface area contributed by atoms with Gasteiger partial charge in [0.05, 0.1) is 5.69 Å². The van der Waals surface area contributed by atoms with Crippen molar-refractivity contribution in [2.24, 2.45) is 0 Å². The maximum absolute atomic E-state index is 12.6. The Morgan fingerprint density at radius 2 is 1.73 bits per heavy atom. The van der Waals surface area contributed by atoms with Gasteiger partial charge in [-0.2, -0.15) is 18.3 Å². The van der Waals surface area contributed by atoms with Crippen LogP contribution in [0.5, 0.6) is 0 Å². The molecule has 1 amide bonds. The van der Waals surface area contributed by atoms with Gasteiger partial charge in [0.25, 0.3) is 5.91 Å². The molecule has 1 aromatic carbocycles. The first-order valence-corrected chi connectivity index (χ1v) is 8.45. The summed E-state index contributed by atoms with van der Waals surface area (Å²) < 4.78 is 39.1. The Hall–Kier alpha value is -2.35. The Kier molecular flexibility index (Phi) is 5.04. The van der Waals surface area contributed by atoms with Crippen LogP contribution in [0, 0.1) is 0 Å². The number of hydrogen-bond donors (Lipinski definition) is 0. The van der Waals surface area contributed by atoms with Crippen molar-refractivity contribution in [3.63, 3.8) is 0 Å².